The van der Waals surface area contributed by atoms with Crippen LogP contribution in [0.25, 0.3) is 0 Å². The Bertz CT molecular complexity index is 610. The second kappa shape index (κ2) is 7.90. The Morgan fingerprint density at radius 2 is 1.67 bits per heavy atom. The van der Waals surface area contributed by atoms with Crippen LogP contribution < -0.4 is 15.4 Å². The number of methoxy groups -OCH3 is 1. The highest BCUT2D eigenvalue weighted by molar-refractivity contribution is 5.91. The molecule has 1 fully saturated rings. The number of nitrogens with one attached hydrogen (secondary N) is 2. The number of nitrogens with zero attached hydrogens (tertiary/aromatic N) is 2. The van der Waals surface area contributed by atoms with E-state index in [1.165, 1.54) is 0 Å². The molecule has 0 aliphatic carbocycles. The molecular weight excluding hydrogens is 308 g/mol. The average molecular weight is 334 g/mol. The lowest BCUT2D eigenvalue weighted by Crippen LogP contribution is -2.54. The SMILES string of the molecule is CCNC(=O)N1CCN(C(=O)Nc2cc(C)cc(OC)c2C)CC1. The number of hydrogen-bond donors (Lipinski definition) is 2. The molecule has 0 bridgehead atoms. The second-order valence-corrected chi connectivity index (χ2v) is 5.88. The van der Waals surface area contributed by atoms with E-state index < -0.39 is 0 Å². The van der Waals surface area contributed by atoms with E-state index in [1.807, 2.05) is 32.9 Å². The number of hydrogen-bond acceptors (Lipinski definition) is 3. The number of piperazine rings is 1. The van der Waals surface area contributed by atoms with Crippen molar-refractivity contribution in [3.63, 3.8) is 0 Å². The Hall–Kier alpha value is -2.44. The van der Waals surface area contributed by atoms with E-state index in [9.17, 15) is 9.59 Å². The van der Waals surface area contributed by atoms with Crippen LogP contribution in [0.5, 0.6) is 5.75 Å². The van der Waals surface area contributed by atoms with Gasteiger partial charge in [-0.25, -0.2) is 9.59 Å². The first-order valence-electron chi connectivity index (χ1n) is 8.20. The van der Waals surface area contributed by atoms with Gasteiger partial charge >= 0.3 is 12.1 Å². The monoisotopic (exact) mass is 334 g/mol. The van der Waals surface area contributed by atoms with Gasteiger partial charge in [0.15, 0.2) is 0 Å². The highest BCUT2D eigenvalue weighted by Crippen LogP contribution is 2.27. The van der Waals surface area contributed by atoms with Crippen molar-refractivity contribution in [1.82, 2.24) is 15.1 Å². The molecule has 7 nitrogen and oxygen atoms in total. The zero-order valence-corrected chi connectivity index (χ0v) is 14.8. The van der Waals surface area contributed by atoms with Gasteiger partial charge in [-0.2, -0.15) is 0 Å². The summed E-state index contributed by atoms with van der Waals surface area (Å²) in [5.74, 6) is 0.756. The Morgan fingerprint density at radius 1 is 1.08 bits per heavy atom. The molecule has 0 atom stereocenters. The maximum absolute atomic E-state index is 12.5. The first-order valence-corrected chi connectivity index (χ1v) is 8.20. The number of anilines is 1. The minimum absolute atomic E-state index is 0.0724. The summed E-state index contributed by atoms with van der Waals surface area (Å²) in [5, 5.41) is 5.73. The van der Waals surface area contributed by atoms with Crippen LogP contribution in [-0.2, 0) is 0 Å². The minimum atomic E-state index is -0.152. The van der Waals surface area contributed by atoms with Crippen LogP contribution in [-0.4, -0.2) is 61.7 Å². The number of ether oxygens (including phenoxy) is 1. The van der Waals surface area contributed by atoms with E-state index in [2.05, 4.69) is 10.6 Å². The maximum atomic E-state index is 12.5. The summed E-state index contributed by atoms with van der Waals surface area (Å²) in [7, 11) is 1.62. The summed E-state index contributed by atoms with van der Waals surface area (Å²) >= 11 is 0. The fourth-order valence-corrected chi connectivity index (χ4v) is 2.74. The third-order valence-corrected chi connectivity index (χ3v) is 4.15. The number of aryl methyl sites for hydroxylation is 1. The highest BCUT2D eigenvalue weighted by atomic mass is 16.5. The van der Waals surface area contributed by atoms with E-state index >= 15 is 0 Å². The van der Waals surface area contributed by atoms with Crippen LogP contribution in [0, 0.1) is 13.8 Å². The van der Waals surface area contributed by atoms with Crippen LogP contribution in [0.4, 0.5) is 15.3 Å². The van der Waals surface area contributed by atoms with Gasteiger partial charge < -0.3 is 25.2 Å². The predicted molar refractivity (Wildman–Crippen MR) is 93.7 cm³/mol. The molecule has 1 aromatic carbocycles. The first-order chi connectivity index (χ1) is 11.5. The molecule has 132 valence electrons. The normalized spacial score (nSPS) is 14.3. The van der Waals surface area contributed by atoms with Crippen molar-refractivity contribution < 1.29 is 14.3 Å². The van der Waals surface area contributed by atoms with E-state index in [0.717, 1.165) is 22.6 Å². The van der Waals surface area contributed by atoms with Gasteiger partial charge in [0.05, 0.1) is 7.11 Å². The Balaban J connectivity index is 1.97. The van der Waals surface area contributed by atoms with Crippen LogP contribution in [0.2, 0.25) is 0 Å². The molecular formula is C17H26N4O3. The fourth-order valence-electron chi connectivity index (χ4n) is 2.74. The van der Waals surface area contributed by atoms with Gasteiger partial charge in [0.1, 0.15) is 5.75 Å². The van der Waals surface area contributed by atoms with E-state index in [1.54, 1.807) is 16.9 Å². The van der Waals surface area contributed by atoms with Crippen LogP contribution >= 0.6 is 0 Å². The summed E-state index contributed by atoms with van der Waals surface area (Å²) in [6.45, 7) is 8.48. The Morgan fingerprint density at radius 3 is 2.21 bits per heavy atom. The zero-order valence-electron chi connectivity index (χ0n) is 14.8. The van der Waals surface area contributed by atoms with Gasteiger partial charge in [-0.05, 0) is 38.5 Å². The molecule has 0 radical (unpaired) electrons. The van der Waals surface area contributed by atoms with E-state index in [4.69, 9.17) is 4.74 Å². The van der Waals surface area contributed by atoms with Crippen molar-refractivity contribution in [1.29, 1.82) is 0 Å². The number of carbonyl (C=O) groups is 2. The lowest BCUT2D eigenvalue weighted by molar-refractivity contribution is 0.149. The van der Waals surface area contributed by atoms with Gasteiger partial charge in [0.25, 0.3) is 0 Å². The molecule has 0 saturated carbocycles. The summed E-state index contributed by atoms with van der Waals surface area (Å²) in [5.41, 5.74) is 2.68. The lowest BCUT2D eigenvalue weighted by atomic mass is 10.1. The third kappa shape index (κ3) is 4.10. The Kier molecular flexibility index (Phi) is 5.89. The van der Waals surface area contributed by atoms with Crippen molar-refractivity contribution in [2.24, 2.45) is 0 Å². The molecule has 7 heteroatoms. The smallest absolute Gasteiger partial charge is 0.321 e. The maximum Gasteiger partial charge on any atom is 0.321 e. The largest absolute Gasteiger partial charge is 0.496 e. The van der Waals surface area contributed by atoms with Crippen LogP contribution in [0.15, 0.2) is 12.1 Å². The average Bonchev–Trinajstić information content (AvgIpc) is 2.58. The fraction of sp³-hybridized carbons (Fsp3) is 0.529. The standard InChI is InChI=1S/C17H26N4O3/c1-5-18-16(22)20-6-8-21(9-7-20)17(23)19-14-10-12(2)11-15(24-4)13(14)3/h10-11H,5-9H2,1-4H3,(H,18,22)(H,19,23). The van der Waals surface area contributed by atoms with Crippen molar-refractivity contribution in [3.05, 3.63) is 23.3 Å². The zero-order chi connectivity index (χ0) is 17.7. The molecule has 1 aliphatic heterocycles. The highest BCUT2D eigenvalue weighted by Gasteiger charge is 2.24. The minimum Gasteiger partial charge on any atom is -0.496 e. The van der Waals surface area contributed by atoms with Crippen LogP contribution in [0.3, 0.4) is 0 Å². The summed E-state index contributed by atoms with van der Waals surface area (Å²) in [6, 6.07) is 3.65. The Labute approximate surface area is 142 Å². The molecule has 0 aromatic heterocycles. The summed E-state index contributed by atoms with van der Waals surface area (Å²) < 4.78 is 5.34. The number of carbonyl (C=O) groups excluding carboxylic acids is 2. The second-order valence-electron chi connectivity index (χ2n) is 5.88. The van der Waals surface area contributed by atoms with Crippen molar-refractivity contribution in [2.45, 2.75) is 20.8 Å². The summed E-state index contributed by atoms with van der Waals surface area (Å²) in [4.78, 5) is 27.7. The predicted octanol–water partition coefficient (Wildman–Crippen LogP) is 2.19. The van der Waals surface area contributed by atoms with Crippen molar-refractivity contribution >= 4 is 17.7 Å². The molecule has 2 N–H and O–H groups in total. The molecule has 1 aromatic rings. The summed E-state index contributed by atoms with van der Waals surface area (Å²) in [6.07, 6.45) is 0. The molecule has 4 amide bonds. The molecule has 1 saturated heterocycles. The van der Waals surface area contributed by atoms with Gasteiger partial charge in [-0.15, -0.1) is 0 Å². The topological polar surface area (TPSA) is 73.9 Å². The molecule has 0 unspecified atom stereocenters. The molecule has 2 rings (SSSR count). The quantitative estimate of drug-likeness (QED) is 0.890. The van der Waals surface area contributed by atoms with Gasteiger partial charge in [0, 0.05) is 44.0 Å². The third-order valence-electron chi connectivity index (χ3n) is 4.15. The number of benzene rings is 1. The van der Waals surface area contributed by atoms with Gasteiger partial charge in [0.2, 0.25) is 0 Å². The van der Waals surface area contributed by atoms with Crippen molar-refractivity contribution in [2.75, 3.05) is 45.2 Å². The molecule has 1 heterocycles. The van der Waals surface area contributed by atoms with Gasteiger partial charge in [-0.1, -0.05) is 0 Å². The van der Waals surface area contributed by atoms with Crippen LogP contribution in [0.1, 0.15) is 18.1 Å². The molecule has 0 spiro atoms. The van der Waals surface area contributed by atoms with E-state index in [0.29, 0.717) is 32.7 Å². The van der Waals surface area contributed by atoms with Crippen molar-refractivity contribution in [3.8, 4) is 5.75 Å². The number of rotatable bonds is 3. The number of amides is 4. The number of urea groups is 2. The first kappa shape index (κ1) is 17.9. The lowest BCUT2D eigenvalue weighted by Gasteiger charge is -2.34. The molecule has 1 aliphatic rings. The van der Waals surface area contributed by atoms with E-state index in [-0.39, 0.29) is 12.1 Å². The van der Waals surface area contributed by atoms with Gasteiger partial charge in [-0.3, -0.25) is 0 Å². The molecule has 24 heavy (non-hydrogen) atoms.